The molecule has 3 nitrogen and oxygen atoms in total. The van der Waals surface area contributed by atoms with E-state index in [1.165, 1.54) is 17.8 Å². The number of ketones is 1. The maximum Gasteiger partial charge on any atom is 0.192 e. The Bertz CT molecular complexity index is 650. The fourth-order valence-electron chi connectivity index (χ4n) is 1.64. The number of hydrogen-bond acceptors (Lipinski definition) is 4. The predicted octanol–water partition coefficient (Wildman–Crippen LogP) is 4.34. The minimum Gasteiger partial charge on any atom is -0.289 e. The molecule has 0 radical (unpaired) electrons. The average Bonchev–Trinajstić information content (AvgIpc) is 2.37. The highest BCUT2D eigenvalue weighted by atomic mass is 79.9. The third-order valence-corrected chi connectivity index (χ3v) is 3.62. The van der Waals surface area contributed by atoms with Crippen LogP contribution in [0.15, 0.2) is 51.4 Å². The van der Waals surface area contributed by atoms with Gasteiger partial charge in [-0.15, -0.1) is 0 Å². The lowest BCUT2D eigenvalue weighted by Crippen LogP contribution is -1.94. The molecule has 5 heteroatoms. The molecule has 0 amide bonds. The summed E-state index contributed by atoms with van der Waals surface area (Å²) in [6, 6.07) is 9.23. The van der Waals surface area contributed by atoms with Crippen molar-refractivity contribution in [3.05, 3.63) is 63.2 Å². The number of rotatable bonds is 4. The molecule has 0 spiro atoms. The van der Waals surface area contributed by atoms with Gasteiger partial charge >= 0.3 is 0 Å². The number of benzene rings is 1. The normalized spacial score (nSPS) is 10.9. The van der Waals surface area contributed by atoms with E-state index in [1.807, 2.05) is 32.0 Å². The van der Waals surface area contributed by atoms with Gasteiger partial charge in [-0.1, -0.05) is 39.8 Å². The van der Waals surface area contributed by atoms with Crippen molar-refractivity contribution in [1.82, 2.24) is 9.97 Å². The molecule has 20 heavy (non-hydrogen) atoms. The fraction of sp³-hybridized carbons (Fsp3) is 0.133. The zero-order valence-electron chi connectivity index (χ0n) is 11.1. The Labute approximate surface area is 130 Å². The molecule has 1 aromatic carbocycles. The van der Waals surface area contributed by atoms with Crippen LogP contribution in [0.25, 0.3) is 0 Å². The van der Waals surface area contributed by atoms with Crippen molar-refractivity contribution in [2.45, 2.75) is 19.0 Å². The third kappa shape index (κ3) is 4.28. The molecule has 0 N–H and O–H groups in total. The molecule has 1 heterocycles. The highest BCUT2D eigenvalue weighted by Gasteiger charge is 2.02. The lowest BCUT2D eigenvalue weighted by Gasteiger charge is -1.99. The Kier molecular flexibility index (Phi) is 5.09. The second kappa shape index (κ2) is 6.81. The van der Waals surface area contributed by atoms with E-state index >= 15 is 0 Å². The molecular formula is C15H13BrN2OS. The van der Waals surface area contributed by atoms with Crippen LogP contribution in [-0.4, -0.2) is 15.8 Å². The molecule has 0 aliphatic heterocycles. The van der Waals surface area contributed by atoms with E-state index in [2.05, 4.69) is 25.9 Å². The van der Waals surface area contributed by atoms with Crippen LogP contribution in [0.2, 0.25) is 0 Å². The number of halogens is 1. The molecule has 0 bridgehead atoms. The first-order chi connectivity index (χ1) is 9.54. The Morgan fingerprint density at radius 2 is 1.90 bits per heavy atom. The number of carbonyl (C=O) groups excluding carboxylic acids is 1. The van der Waals surface area contributed by atoms with Crippen LogP contribution in [0, 0.1) is 13.8 Å². The van der Waals surface area contributed by atoms with E-state index in [0.29, 0.717) is 10.7 Å². The highest BCUT2D eigenvalue weighted by Crippen LogP contribution is 2.17. The van der Waals surface area contributed by atoms with Crippen molar-refractivity contribution in [3.8, 4) is 0 Å². The van der Waals surface area contributed by atoms with Gasteiger partial charge in [-0.2, -0.15) is 0 Å². The molecular weight excluding hydrogens is 336 g/mol. The predicted molar refractivity (Wildman–Crippen MR) is 85.0 cm³/mol. The van der Waals surface area contributed by atoms with Gasteiger partial charge in [-0.05, 0) is 43.5 Å². The Hall–Kier alpha value is -1.46. The molecule has 0 saturated carbocycles. The van der Waals surface area contributed by atoms with Crippen LogP contribution >= 0.6 is 27.7 Å². The number of hydrogen-bond donors (Lipinski definition) is 0. The Morgan fingerprint density at radius 3 is 2.55 bits per heavy atom. The fourth-order valence-corrected chi connectivity index (χ4v) is 2.75. The van der Waals surface area contributed by atoms with Gasteiger partial charge in [0.15, 0.2) is 10.9 Å². The summed E-state index contributed by atoms with van der Waals surface area (Å²) in [7, 11) is 0. The van der Waals surface area contributed by atoms with Crippen LogP contribution in [0.1, 0.15) is 21.7 Å². The van der Waals surface area contributed by atoms with Crippen LogP contribution in [-0.2, 0) is 0 Å². The van der Waals surface area contributed by atoms with Gasteiger partial charge in [0.2, 0.25) is 0 Å². The van der Waals surface area contributed by atoms with Gasteiger partial charge in [0.1, 0.15) is 0 Å². The van der Waals surface area contributed by atoms with Crippen LogP contribution in [0.5, 0.6) is 0 Å². The van der Waals surface area contributed by atoms with Crippen molar-refractivity contribution >= 4 is 33.5 Å². The van der Waals surface area contributed by atoms with Crippen molar-refractivity contribution in [2.24, 2.45) is 0 Å². The third-order valence-electron chi connectivity index (χ3n) is 2.46. The molecule has 0 unspecified atom stereocenters. The summed E-state index contributed by atoms with van der Waals surface area (Å²) in [6.07, 6.45) is 1.54. The van der Waals surface area contributed by atoms with E-state index < -0.39 is 0 Å². The number of thioether (sulfide) groups is 1. The molecule has 0 saturated heterocycles. The van der Waals surface area contributed by atoms with Crippen molar-refractivity contribution in [1.29, 1.82) is 0 Å². The molecule has 0 aliphatic rings. The number of allylic oxidation sites excluding steroid dienone is 1. The maximum absolute atomic E-state index is 12.0. The van der Waals surface area contributed by atoms with Gasteiger partial charge in [-0.25, -0.2) is 9.97 Å². The number of carbonyl (C=O) groups is 1. The smallest absolute Gasteiger partial charge is 0.192 e. The summed E-state index contributed by atoms with van der Waals surface area (Å²) in [6.45, 7) is 3.85. The van der Waals surface area contributed by atoms with Crippen molar-refractivity contribution in [3.63, 3.8) is 0 Å². The maximum atomic E-state index is 12.0. The van der Waals surface area contributed by atoms with E-state index in [9.17, 15) is 4.79 Å². The first-order valence-electron chi connectivity index (χ1n) is 6.00. The number of nitrogens with zero attached hydrogens (tertiary/aromatic N) is 2. The van der Waals surface area contributed by atoms with Gasteiger partial charge in [-0.3, -0.25) is 4.79 Å². The van der Waals surface area contributed by atoms with Gasteiger partial charge in [0, 0.05) is 21.4 Å². The lowest BCUT2D eigenvalue weighted by molar-refractivity contribution is 0.104. The molecule has 1 aromatic heterocycles. The number of aryl methyl sites for hydroxylation is 2. The Morgan fingerprint density at radius 1 is 1.20 bits per heavy atom. The first-order valence-corrected chi connectivity index (χ1v) is 7.67. The van der Waals surface area contributed by atoms with Crippen LogP contribution in [0.4, 0.5) is 0 Å². The van der Waals surface area contributed by atoms with E-state index in [0.717, 1.165) is 15.9 Å². The van der Waals surface area contributed by atoms with Gasteiger partial charge in [0.05, 0.1) is 0 Å². The van der Waals surface area contributed by atoms with Crippen LogP contribution < -0.4 is 0 Å². The summed E-state index contributed by atoms with van der Waals surface area (Å²) < 4.78 is 0.891. The zero-order valence-corrected chi connectivity index (χ0v) is 13.5. The van der Waals surface area contributed by atoms with E-state index in [4.69, 9.17) is 0 Å². The molecule has 102 valence electrons. The lowest BCUT2D eigenvalue weighted by atomic mass is 10.1. The summed E-state index contributed by atoms with van der Waals surface area (Å²) in [5.41, 5.74) is 2.50. The molecule has 2 rings (SSSR count). The molecule has 0 atom stereocenters. The quantitative estimate of drug-likeness (QED) is 0.356. The molecule has 0 fully saturated rings. The highest BCUT2D eigenvalue weighted by molar-refractivity contribution is 9.10. The largest absolute Gasteiger partial charge is 0.289 e. The van der Waals surface area contributed by atoms with E-state index in [1.54, 1.807) is 17.5 Å². The average molecular weight is 349 g/mol. The van der Waals surface area contributed by atoms with Gasteiger partial charge in [0.25, 0.3) is 0 Å². The topological polar surface area (TPSA) is 42.9 Å². The molecule has 0 aliphatic carbocycles. The van der Waals surface area contributed by atoms with Crippen molar-refractivity contribution in [2.75, 3.05) is 0 Å². The second-order valence-electron chi connectivity index (χ2n) is 4.23. The summed E-state index contributed by atoms with van der Waals surface area (Å²) >= 11 is 4.69. The SMILES string of the molecule is Cc1cc(C)nc(S/C=C/C(=O)c2cccc(Br)c2)n1. The standard InChI is InChI=1S/C15H13BrN2OS/c1-10-8-11(2)18-15(17-10)20-7-6-14(19)12-4-3-5-13(16)9-12/h3-9H,1-2H3/b7-6+. The number of aromatic nitrogens is 2. The summed E-state index contributed by atoms with van der Waals surface area (Å²) in [4.78, 5) is 20.6. The van der Waals surface area contributed by atoms with E-state index in [-0.39, 0.29) is 5.78 Å². The second-order valence-corrected chi connectivity index (χ2v) is 6.02. The summed E-state index contributed by atoms with van der Waals surface area (Å²) in [5.74, 6) is -0.0387. The zero-order chi connectivity index (χ0) is 14.5. The van der Waals surface area contributed by atoms with Crippen molar-refractivity contribution < 1.29 is 4.79 Å². The first kappa shape index (κ1) is 14.9. The van der Waals surface area contributed by atoms with Crippen LogP contribution in [0.3, 0.4) is 0 Å². The molecule has 2 aromatic rings. The van der Waals surface area contributed by atoms with Gasteiger partial charge < -0.3 is 0 Å². The minimum absolute atomic E-state index is 0.0387. The monoisotopic (exact) mass is 348 g/mol. The minimum atomic E-state index is -0.0387. The summed E-state index contributed by atoms with van der Waals surface area (Å²) in [5, 5.41) is 2.37. The Balaban J connectivity index is 2.04.